The van der Waals surface area contributed by atoms with E-state index in [4.69, 9.17) is 42.8 Å². The van der Waals surface area contributed by atoms with Gasteiger partial charge >= 0.3 is 59.3 Å². The summed E-state index contributed by atoms with van der Waals surface area (Å²) in [4.78, 5) is 113. The first-order valence-corrected chi connectivity index (χ1v) is 19.9. The molecule has 0 radical (unpaired) electrons. The number of carbonyl (C=O) groups is 8. The van der Waals surface area contributed by atoms with Crippen LogP contribution in [-0.2, 0) is 47.9 Å². The van der Waals surface area contributed by atoms with E-state index in [1.807, 2.05) is 0 Å². The van der Waals surface area contributed by atoms with E-state index in [0.29, 0.717) is 5.06 Å². The molecule has 3 aromatic rings. The molecule has 0 spiro atoms. The van der Waals surface area contributed by atoms with E-state index in [2.05, 4.69) is 0 Å². The number of fused-ring (bicyclic) bond motifs is 2. The van der Waals surface area contributed by atoms with Gasteiger partial charge in [0.1, 0.15) is 5.75 Å². The molecule has 2 heterocycles. The Labute approximate surface area is 366 Å². The molecule has 0 aliphatic carbocycles. The van der Waals surface area contributed by atoms with Gasteiger partial charge in [0.15, 0.2) is 34.4 Å². The fourth-order valence-electron chi connectivity index (χ4n) is 7.06. The molecule has 2 aliphatic heterocycles. The number of amides is 1. The molecule has 20 heteroatoms. The molecule has 0 fully saturated rings. The lowest BCUT2D eigenvalue weighted by Gasteiger charge is -2.57. The van der Waals surface area contributed by atoms with Crippen molar-refractivity contribution < 1.29 is 86.0 Å². The molecule has 0 saturated carbocycles. The summed E-state index contributed by atoms with van der Waals surface area (Å²) in [6.07, 6.45) is 0.320. The molecule has 0 N–H and O–H groups in total. The molecule has 64 heavy (non-hydrogen) atoms. The molecule has 1 amide bonds. The smallest absolute Gasteiger partial charge is 0.375 e. The van der Waals surface area contributed by atoms with Gasteiger partial charge in [0, 0.05) is 54.4 Å². The minimum Gasteiger partial charge on any atom is -0.578 e. The van der Waals surface area contributed by atoms with Crippen LogP contribution in [0.4, 0.5) is 0 Å². The highest BCUT2D eigenvalue weighted by molar-refractivity contribution is 5.99. The minimum absolute atomic E-state index is 0.0559. The lowest BCUT2D eigenvalue weighted by Crippen LogP contribution is -2.78. The molecule has 0 bridgehead atoms. The standard InChI is InChI=1S/C44H46N2O18/c1-12-21(3)37-42(61-28(10)52)46(55)44(22(4)13-2,43(54)45(37)63-29(11)53)62-34-20-31(16-19-33(34)64-46)36-40(59-26(8)50)38(57-24(6)48)35(30-14-17-32(18-15-30)56-23(5)47)39(58-25(7)49)41(36)60-27(9)51/h14-22H,12-13H2,1-11H3/t21-,22-,44+,46?/m0/s1. The number of hydroxylamine groups is 6. The van der Waals surface area contributed by atoms with Crippen LogP contribution < -0.4 is 33.3 Å². The Kier molecular flexibility index (Phi) is 13.8. The first-order valence-electron chi connectivity index (χ1n) is 19.9. The van der Waals surface area contributed by atoms with Crippen molar-refractivity contribution in [2.45, 2.75) is 94.7 Å². The van der Waals surface area contributed by atoms with E-state index >= 15 is 5.21 Å². The predicted molar refractivity (Wildman–Crippen MR) is 218 cm³/mol. The molecule has 1 unspecified atom stereocenters. The van der Waals surface area contributed by atoms with Crippen LogP contribution in [0.3, 0.4) is 0 Å². The highest BCUT2D eigenvalue weighted by Crippen LogP contribution is 2.60. The molecule has 0 aromatic heterocycles. The van der Waals surface area contributed by atoms with Gasteiger partial charge in [0.2, 0.25) is 5.75 Å². The molecule has 2 aliphatic rings. The molecule has 340 valence electrons. The maximum Gasteiger partial charge on any atom is 0.375 e. The number of allylic oxidation sites excluding steroid dienone is 1. The minimum atomic E-state index is -2.75. The van der Waals surface area contributed by atoms with Gasteiger partial charge in [-0.25, -0.2) is 4.79 Å². The van der Waals surface area contributed by atoms with Gasteiger partial charge in [-0.15, -0.1) is 5.06 Å². The SMILES string of the molecule is CC[C@H](C)C1=C(OC(C)=O)[N+]2([O-])Oc3ccc(-c4c(OC(C)=O)c(OC(C)=O)c(-c5ccc(OC(C)=O)cc5)c(OC(C)=O)c4OC(C)=O)cc3O[C@]2([C@@H](C)CC)C(=O)N1OC(C)=O. The largest absolute Gasteiger partial charge is 0.578 e. The fraction of sp³-hybridized carbons (Fsp3) is 0.364. The van der Waals surface area contributed by atoms with E-state index in [1.165, 1.54) is 56.3 Å². The molecular formula is C44H46N2O18. The molecule has 20 nitrogen and oxygen atoms in total. The molecule has 5 rings (SSSR count). The number of nitrogens with zero attached hydrogens (tertiary/aromatic N) is 2. The number of quaternary nitrogens is 1. The van der Waals surface area contributed by atoms with Gasteiger partial charge in [-0.2, -0.15) is 0 Å². The molecule has 3 aromatic carbocycles. The van der Waals surface area contributed by atoms with Crippen LogP contribution >= 0.6 is 0 Å². The number of esters is 6. The number of hydrogen-bond acceptors (Lipinski definition) is 18. The van der Waals surface area contributed by atoms with Gasteiger partial charge < -0.3 is 43.2 Å². The van der Waals surface area contributed by atoms with Crippen LogP contribution in [0, 0.1) is 17.0 Å². The van der Waals surface area contributed by atoms with E-state index in [9.17, 15) is 38.4 Å². The maximum absolute atomic E-state index is 15.6. The zero-order valence-electron chi connectivity index (χ0n) is 36.9. The summed E-state index contributed by atoms with van der Waals surface area (Å²) in [5.74, 6) is -12.9. The van der Waals surface area contributed by atoms with Crippen molar-refractivity contribution in [3.63, 3.8) is 0 Å². The number of carbonyl (C=O) groups excluding carboxylic acids is 8. The van der Waals surface area contributed by atoms with Crippen molar-refractivity contribution >= 4 is 47.7 Å². The van der Waals surface area contributed by atoms with Crippen molar-refractivity contribution in [3.05, 3.63) is 59.3 Å². The average Bonchev–Trinajstić information content (AvgIpc) is 3.19. The van der Waals surface area contributed by atoms with Gasteiger partial charge in [0.25, 0.3) is 0 Å². The number of hydrogen-bond donors (Lipinski definition) is 0. The molecular weight excluding hydrogens is 844 g/mol. The molecule has 4 atom stereocenters. The van der Waals surface area contributed by atoms with E-state index in [1.54, 1.807) is 20.8 Å². The van der Waals surface area contributed by atoms with Crippen molar-refractivity contribution in [1.29, 1.82) is 0 Å². The van der Waals surface area contributed by atoms with Gasteiger partial charge in [0.05, 0.1) is 17.0 Å². The van der Waals surface area contributed by atoms with Crippen molar-refractivity contribution in [1.82, 2.24) is 5.06 Å². The normalized spacial score (nSPS) is 18.4. The topological polar surface area (TPSA) is 246 Å². The number of benzene rings is 3. The fourth-order valence-corrected chi connectivity index (χ4v) is 7.06. The average molecular weight is 891 g/mol. The highest BCUT2D eigenvalue weighted by atomic mass is 17.0. The van der Waals surface area contributed by atoms with Crippen LogP contribution in [-0.4, -0.2) is 63.3 Å². The predicted octanol–water partition coefficient (Wildman–Crippen LogP) is 6.49. The second kappa shape index (κ2) is 18.6. The summed E-state index contributed by atoms with van der Waals surface area (Å²) in [5.41, 5.74) is -3.60. The van der Waals surface area contributed by atoms with E-state index in [-0.39, 0.29) is 58.0 Å². The monoisotopic (exact) mass is 890 g/mol. The zero-order valence-corrected chi connectivity index (χ0v) is 36.9. The third-order valence-corrected chi connectivity index (χ3v) is 9.89. The van der Waals surface area contributed by atoms with Crippen LogP contribution in [0.1, 0.15) is 89.0 Å². The van der Waals surface area contributed by atoms with Crippen LogP contribution in [0.15, 0.2) is 54.0 Å². The van der Waals surface area contributed by atoms with Crippen molar-refractivity contribution in [2.24, 2.45) is 11.8 Å². The summed E-state index contributed by atoms with van der Waals surface area (Å²) < 4.78 is 40.1. The van der Waals surface area contributed by atoms with Crippen LogP contribution in [0.25, 0.3) is 22.3 Å². The Morgan fingerprint density at radius 2 is 1.08 bits per heavy atom. The Morgan fingerprint density at radius 1 is 0.625 bits per heavy atom. The molecule has 0 saturated heterocycles. The summed E-state index contributed by atoms with van der Waals surface area (Å²) in [6.45, 7) is 13.8. The first-order chi connectivity index (χ1) is 30.0. The second-order valence-corrected chi connectivity index (χ2v) is 14.7. The third kappa shape index (κ3) is 8.95. The Morgan fingerprint density at radius 3 is 1.50 bits per heavy atom. The van der Waals surface area contributed by atoms with Gasteiger partial charge in [-0.1, -0.05) is 44.6 Å². The highest BCUT2D eigenvalue weighted by Gasteiger charge is 2.73. The van der Waals surface area contributed by atoms with Crippen molar-refractivity contribution in [3.8, 4) is 62.5 Å². The Bertz CT molecular complexity index is 2440. The Hall–Kier alpha value is -7.32. The van der Waals surface area contributed by atoms with Crippen LogP contribution in [0.5, 0.6) is 40.2 Å². The first kappa shape index (κ1) is 47.7. The van der Waals surface area contributed by atoms with Crippen LogP contribution in [0.2, 0.25) is 0 Å². The lowest BCUT2D eigenvalue weighted by molar-refractivity contribution is -1.08. The lowest BCUT2D eigenvalue weighted by atomic mass is 9.89. The zero-order chi connectivity index (χ0) is 47.6. The maximum atomic E-state index is 15.6. The Balaban J connectivity index is 1.93. The number of ether oxygens (including phenoxy) is 7. The van der Waals surface area contributed by atoms with E-state index < -0.39 is 98.9 Å². The number of rotatable bonds is 13. The van der Waals surface area contributed by atoms with Gasteiger partial charge in [-0.05, 0) is 54.3 Å². The van der Waals surface area contributed by atoms with Gasteiger partial charge in [-0.3, -0.25) is 38.4 Å². The van der Waals surface area contributed by atoms with Crippen molar-refractivity contribution in [2.75, 3.05) is 0 Å². The quantitative estimate of drug-likeness (QED) is 0.0770. The third-order valence-electron chi connectivity index (χ3n) is 9.89. The van der Waals surface area contributed by atoms with E-state index in [0.717, 1.165) is 41.5 Å². The second-order valence-electron chi connectivity index (χ2n) is 14.7. The summed E-state index contributed by atoms with van der Waals surface area (Å²) in [7, 11) is 0. The summed E-state index contributed by atoms with van der Waals surface area (Å²) in [6, 6.07) is 9.19. The summed E-state index contributed by atoms with van der Waals surface area (Å²) >= 11 is 0. The summed E-state index contributed by atoms with van der Waals surface area (Å²) in [5, 5.41) is 16.2.